The van der Waals surface area contributed by atoms with Crippen molar-refractivity contribution < 1.29 is 23.9 Å². The molecule has 0 unspecified atom stereocenters. The van der Waals surface area contributed by atoms with E-state index in [1.165, 1.54) is 24.3 Å². The van der Waals surface area contributed by atoms with E-state index in [2.05, 4.69) is 10.6 Å². The van der Waals surface area contributed by atoms with Gasteiger partial charge in [0.05, 0.1) is 22.9 Å². The third kappa shape index (κ3) is 5.61. The van der Waals surface area contributed by atoms with E-state index in [4.69, 9.17) is 39.5 Å². The number of halogens is 3. The number of carbonyl (C=O) groups is 4. The molecule has 1 aliphatic rings. The number of hydrogen-bond acceptors (Lipinski definition) is 6. The Balaban J connectivity index is 1.50. The fourth-order valence-electron chi connectivity index (χ4n) is 3.48. The Morgan fingerprint density at radius 2 is 1.59 bits per heavy atom. The molecule has 4 rings (SSSR count). The molecule has 0 saturated carbocycles. The van der Waals surface area contributed by atoms with Crippen molar-refractivity contribution in [3.8, 4) is 0 Å². The van der Waals surface area contributed by atoms with Crippen LogP contribution in [0.15, 0.2) is 77.5 Å². The summed E-state index contributed by atoms with van der Waals surface area (Å²) in [6.07, 6.45) is 0. The van der Waals surface area contributed by atoms with Gasteiger partial charge in [-0.3, -0.25) is 14.4 Å². The number of imide groups is 1. The van der Waals surface area contributed by atoms with Crippen LogP contribution in [0.4, 0.5) is 17.1 Å². The molecule has 188 valence electrons. The molecule has 2 N–H and O–H groups in total. The molecule has 0 spiro atoms. The number of esters is 1. The smallest absolute Gasteiger partial charge is 0.338 e. The number of benzene rings is 3. The van der Waals surface area contributed by atoms with Crippen LogP contribution in [-0.4, -0.2) is 30.3 Å². The summed E-state index contributed by atoms with van der Waals surface area (Å²) in [5.74, 6) is -2.38. The minimum absolute atomic E-state index is 0.0984. The van der Waals surface area contributed by atoms with E-state index in [1.807, 2.05) is 0 Å². The predicted molar refractivity (Wildman–Crippen MR) is 142 cm³/mol. The van der Waals surface area contributed by atoms with Crippen LogP contribution in [0.1, 0.15) is 27.6 Å². The molecule has 3 aromatic carbocycles. The summed E-state index contributed by atoms with van der Waals surface area (Å²) in [5, 5.41) is 5.65. The first-order valence-corrected chi connectivity index (χ1v) is 12.0. The van der Waals surface area contributed by atoms with Crippen molar-refractivity contribution in [2.75, 3.05) is 22.1 Å². The molecule has 0 bridgehead atoms. The van der Waals surface area contributed by atoms with Gasteiger partial charge in [-0.1, -0.05) is 40.9 Å². The quantitative estimate of drug-likeness (QED) is 0.278. The van der Waals surface area contributed by atoms with Crippen LogP contribution in [-0.2, 0) is 14.3 Å². The average Bonchev–Trinajstić information content (AvgIpc) is 3.09. The molecule has 1 aliphatic heterocycles. The van der Waals surface area contributed by atoms with Crippen molar-refractivity contribution in [3.63, 3.8) is 0 Å². The molecule has 1 heterocycles. The highest BCUT2D eigenvalue weighted by molar-refractivity contribution is 6.54. The van der Waals surface area contributed by atoms with E-state index in [-0.39, 0.29) is 38.6 Å². The van der Waals surface area contributed by atoms with Crippen LogP contribution in [0.5, 0.6) is 0 Å². The molecule has 11 heteroatoms. The van der Waals surface area contributed by atoms with Gasteiger partial charge in [0.2, 0.25) is 0 Å². The SMILES string of the molecule is CCOC(=O)c1ccc(NC(=O)c2cccc(NC3=C(Cl)C(=O)N(c4cc(Cl)ccc4Cl)C3=O)c2)cc1. The first kappa shape index (κ1) is 26.2. The highest BCUT2D eigenvalue weighted by atomic mass is 35.5. The lowest BCUT2D eigenvalue weighted by Gasteiger charge is -2.17. The molecule has 8 nitrogen and oxygen atoms in total. The minimum atomic E-state index is -0.765. The first-order chi connectivity index (χ1) is 17.7. The maximum Gasteiger partial charge on any atom is 0.338 e. The van der Waals surface area contributed by atoms with Crippen LogP contribution in [0.2, 0.25) is 10.0 Å². The van der Waals surface area contributed by atoms with Gasteiger partial charge < -0.3 is 15.4 Å². The van der Waals surface area contributed by atoms with Gasteiger partial charge in [0, 0.05) is 22.0 Å². The third-order valence-corrected chi connectivity index (χ3v) is 6.13. The minimum Gasteiger partial charge on any atom is -0.462 e. The van der Waals surface area contributed by atoms with Crippen molar-refractivity contribution in [3.05, 3.63) is 98.6 Å². The maximum absolute atomic E-state index is 13.1. The number of amides is 3. The van der Waals surface area contributed by atoms with Gasteiger partial charge in [0.1, 0.15) is 10.7 Å². The second-order valence-corrected chi connectivity index (χ2v) is 8.91. The lowest BCUT2D eigenvalue weighted by Crippen LogP contribution is -2.32. The molecular formula is C26H18Cl3N3O5. The number of ether oxygens (including phenoxy) is 1. The lowest BCUT2D eigenvalue weighted by molar-refractivity contribution is -0.120. The molecule has 0 radical (unpaired) electrons. The van der Waals surface area contributed by atoms with Gasteiger partial charge in [-0.25, -0.2) is 9.69 Å². The molecule has 0 atom stereocenters. The maximum atomic E-state index is 13.1. The van der Waals surface area contributed by atoms with Gasteiger partial charge in [0.15, 0.2) is 0 Å². The van der Waals surface area contributed by atoms with Crippen molar-refractivity contribution in [1.82, 2.24) is 0 Å². The molecule has 0 aliphatic carbocycles. The number of rotatable bonds is 7. The summed E-state index contributed by atoms with van der Waals surface area (Å²) in [6.45, 7) is 1.97. The monoisotopic (exact) mass is 557 g/mol. The predicted octanol–water partition coefficient (Wildman–Crippen LogP) is 5.86. The fourth-order valence-corrected chi connectivity index (χ4v) is 4.06. The zero-order valence-electron chi connectivity index (χ0n) is 19.2. The zero-order valence-corrected chi connectivity index (χ0v) is 21.4. The summed E-state index contributed by atoms with van der Waals surface area (Å²) < 4.78 is 4.94. The number of hydrogen-bond donors (Lipinski definition) is 2. The van der Waals surface area contributed by atoms with Crippen LogP contribution in [0, 0.1) is 0 Å². The van der Waals surface area contributed by atoms with Crippen LogP contribution < -0.4 is 15.5 Å². The molecule has 3 aromatic rings. The summed E-state index contributed by atoms with van der Waals surface area (Å²) in [4.78, 5) is 51.2. The molecule has 0 saturated heterocycles. The Labute approximate surface area is 226 Å². The largest absolute Gasteiger partial charge is 0.462 e. The Bertz CT molecular complexity index is 1450. The van der Waals surface area contributed by atoms with Crippen molar-refractivity contribution >= 4 is 75.6 Å². The van der Waals surface area contributed by atoms with Gasteiger partial charge >= 0.3 is 5.97 Å². The van der Waals surface area contributed by atoms with E-state index in [1.54, 1.807) is 49.4 Å². The lowest BCUT2D eigenvalue weighted by atomic mass is 10.1. The van der Waals surface area contributed by atoms with E-state index >= 15 is 0 Å². The van der Waals surface area contributed by atoms with Gasteiger partial charge in [-0.2, -0.15) is 0 Å². The normalized spacial score (nSPS) is 13.1. The number of carbonyl (C=O) groups excluding carboxylic acids is 4. The Hall–Kier alpha value is -3.85. The molecule has 0 fully saturated rings. The molecule has 0 aromatic heterocycles. The number of nitrogens with one attached hydrogen (secondary N) is 2. The van der Waals surface area contributed by atoms with E-state index in [0.717, 1.165) is 4.90 Å². The molecule has 37 heavy (non-hydrogen) atoms. The van der Waals surface area contributed by atoms with Crippen LogP contribution in [0.3, 0.4) is 0 Å². The molecular weight excluding hydrogens is 541 g/mol. The van der Waals surface area contributed by atoms with Crippen molar-refractivity contribution in [2.45, 2.75) is 6.92 Å². The Morgan fingerprint density at radius 1 is 0.865 bits per heavy atom. The van der Waals surface area contributed by atoms with E-state index < -0.39 is 23.7 Å². The first-order valence-electron chi connectivity index (χ1n) is 10.9. The summed E-state index contributed by atoms with van der Waals surface area (Å²) in [5.41, 5.74) is 1.37. The van der Waals surface area contributed by atoms with Gasteiger partial charge in [-0.05, 0) is 67.6 Å². The second kappa shape index (κ2) is 11.0. The van der Waals surface area contributed by atoms with Crippen LogP contribution in [0.25, 0.3) is 0 Å². The topological polar surface area (TPSA) is 105 Å². The summed E-state index contributed by atoms with van der Waals surface area (Å²) in [7, 11) is 0. The number of anilines is 3. The standard InChI is InChI=1S/C26H18Cl3N3O5/c1-2-37-26(36)14-6-9-17(10-7-14)31-23(33)15-4-3-5-18(12-15)30-22-21(29)24(34)32(25(22)35)20-13-16(27)8-11-19(20)28/h3-13,30H,2H2,1H3,(H,31,33). The average molecular weight is 559 g/mol. The van der Waals surface area contributed by atoms with E-state index in [0.29, 0.717) is 16.9 Å². The van der Waals surface area contributed by atoms with Gasteiger partial charge in [-0.15, -0.1) is 0 Å². The van der Waals surface area contributed by atoms with E-state index in [9.17, 15) is 19.2 Å². The zero-order chi connectivity index (χ0) is 26.7. The fraction of sp³-hybridized carbons (Fsp3) is 0.0769. The van der Waals surface area contributed by atoms with Crippen molar-refractivity contribution in [2.24, 2.45) is 0 Å². The van der Waals surface area contributed by atoms with Crippen LogP contribution >= 0.6 is 34.8 Å². The third-order valence-electron chi connectivity index (χ3n) is 5.22. The van der Waals surface area contributed by atoms with Gasteiger partial charge in [0.25, 0.3) is 17.7 Å². The Morgan fingerprint density at radius 3 is 2.30 bits per heavy atom. The van der Waals surface area contributed by atoms with Crippen molar-refractivity contribution in [1.29, 1.82) is 0 Å². The highest BCUT2D eigenvalue weighted by Crippen LogP contribution is 2.35. The summed E-state index contributed by atoms with van der Waals surface area (Å²) >= 11 is 18.4. The highest BCUT2D eigenvalue weighted by Gasteiger charge is 2.40. The number of nitrogens with zero attached hydrogens (tertiary/aromatic N) is 1. The molecule has 3 amide bonds. The Kier molecular flexibility index (Phi) is 7.83. The summed E-state index contributed by atoms with van der Waals surface area (Å²) in [6, 6.07) is 16.9. The second-order valence-electron chi connectivity index (χ2n) is 7.69.